The van der Waals surface area contributed by atoms with Crippen LogP contribution >= 0.6 is 7.75 Å². The van der Waals surface area contributed by atoms with Crippen molar-refractivity contribution in [3.63, 3.8) is 0 Å². The van der Waals surface area contributed by atoms with Gasteiger partial charge in [-0.1, -0.05) is 25.1 Å². The number of aromatic nitrogens is 4. The molecule has 0 spiro atoms. The number of rotatable bonds is 13. The number of nitrogens with one attached hydrogen (secondary N) is 1. The normalized spacial score (nSPS) is 24.2. The van der Waals surface area contributed by atoms with Crippen molar-refractivity contribution >= 4 is 36.6 Å². The summed E-state index contributed by atoms with van der Waals surface area (Å²) in [5.41, 5.74) is 4.21. The third-order valence-corrected chi connectivity index (χ3v) is 8.39. The number of nitrogens with two attached hydrogens (primary N) is 1. The van der Waals surface area contributed by atoms with Gasteiger partial charge in [0.2, 0.25) is 5.95 Å². The summed E-state index contributed by atoms with van der Waals surface area (Å²) in [6.45, 7) is 8.09. The zero-order valence-electron chi connectivity index (χ0n) is 25.0. The number of halogens is 1. The number of carbonyl (C=O) groups excluding carboxylic acids is 1. The summed E-state index contributed by atoms with van der Waals surface area (Å²) in [7, 11) is -2.46. The second-order valence-corrected chi connectivity index (χ2v) is 12.5. The molecule has 3 aromatic rings. The Bertz CT molecular complexity index is 1460. The molecule has 0 saturated carbocycles. The smallest absolute Gasteiger partial charge is 0.459 e. The van der Waals surface area contributed by atoms with Crippen LogP contribution in [0.3, 0.4) is 0 Å². The summed E-state index contributed by atoms with van der Waals surface area (Å²) in [6, 6.07) is 7.07. The van der Waals surface area contributed by atoms with E-state index in [0.717, 1.165) is 6.42 Å². The first kappa shape index (κ1) is 32.6. The van der Waals surface area contributed by atoms with E-state index in [1.165, 1.54) is 24.7 Å². The van der Waals surface area contributed by atoms with E-state index in [0.29, 0.717) is 17.9 Å². The molecule has 4 N–H and O–H groups in total. The zero-order valence-corrected chi connectivity index (χ0v) is 25.9. The summed E-state index contributed by atoms with van der Waals surface area (Å²) in [4.78, 5) is 27.2. The summed E-state index contributed by atoms with van der Waals surface area (Å²) >= 11 is 0. The molecule has 0 bridgehead atoms. The quantitative estimate of drug-likeness (QED) is 0.187. The second kappa shape index (κ2) is 13.1. The van der Waals surface area contributed by atoms with Crippen LogP contribution in [0.15, 0.2) is 36.7 Å². The first-order valence-electron chi connectivity index (χ1n) is 14.0. The van der Waals surface area contributed by atoms with E-state index in [-0.39, 0.29) is 17.3 Å². The first-order chi connectivity index (χ1) is 20.3. The number of esters is 1. The number of imidazole rings is 1. The predicted molar refractivity (Wildman–Crippen MR) is 157 cm³/mol. The van der Waals surface area contributed by atoms with E-state index >= 15 is 4.39 Å². The molecule has 6 atom stereocenters. The number of para-hydroxylation sites is 1. The first-order valence-corrected chi connectivity index (χ1v) is 15.5. The van der Waals surface area contributed by atoms with Crippen molar-refractivity contribution in [1.29, 1.82) is 0 Å². The minimum absolute atomic E-state index is 0.0404. The predicted octanol–water partition coefficient (Wildman–Crippen LogP) is 3.37. The number of ether oxygens (including phenoxy) is 2. The molecule has 1 aliphatic heterocycles. The SMILES string of the molecule is CCCN(C)c1nc(N)nc2c1ncn2[C@@H]1O[C@H](COP(=O)(N[C@@H](C)C(=O)OC(C)C)Oc2ccccc2)[C@@H](O)[C@@]1(C)F. The maximum atomic E-state index is 16.2. The van der Waals surface area contributed by atoms with Gasteiger partial charge in [-0.05, 0) is 46.2 Å². The van der Waals surface area contributed by atoms with E-state index in [4.69, 9.17) is 24.3 Å². The van der Waals surface area contributed by atoms with Gasteiger partial charge in [-0.3, -0.25) is 13.9 Å². The van der Waals surface area contributed by atoms with E-state index in [9.17, 15) is 14.5 Å². The summed E-state index contributed by atoms with van der Waals surface area (Å²) in [5.74, 6) is -0.0604. The third kappa shape index (κ3) is 7.24. The van der Waals surface area contributed by atoms with Crippen LogP contribution in [0, 0.1) is 0 Å². The molecule has 4 rings (SSSR count). The number of alkyl halides is 1. The van der Waals surface area contributed by atoms with Crippen LogP contribution in [0.2, 0.25) is 0 Å². The number of fused-ring (bicyclic) bond motifs is 1. The lowest BCUT2D eigenvalue weighted by atomic mass is 9.98. The van der Waals surface area contributed by atoms with Crippen LogP contribution in [-0.2, 0) is 23.4 Å². The Morgan fingerprint density at radius 3 is 2.65 bits per heavy atom. The number of nitrogen functional groups attached to an aromatic ring is 1. The summed E-state index contributed by atoms with van der Waals surface area (Å²) in [6.07, 6.45) is -2.64. The number of anilines is 2. The van der Waals surface area contributed by atoms with E-state index in [1.807, 2.05) is 18.9 Å². The molecular formula is C27H39FN7O7P. The molecular weight excluding hydrogens is 584 g/mol. The van der Waals surface area contributed by atoms with Gasteiger partial charge in [-0.2, -0.15) is 15.1 Å². The fourth-order valence-corrected chi connectivity index (χ4v) is 6.16. The Morgan fingerprint density at radius 2 is 2.00 bits per heavy atom. The van der Waals surface area contributed by atoms with E-state index in [1.54, 1.807) is 44.2 Å². The van der Waals surface area contributed by atoms with Crippen molar-refractivity contribution in [2.75, 3.05) is 30.8 Å². The lowest BCUT2D eigenvalue weighted by molar-refractivity contribution is -0.149. The van der Waals surface area contributed by atoms with Gasteiger partial charge in [0, 0.05) is 13.6 Å². The molecule has 16 heteroatoms. The maximum absolute atomic E-state index is 16.2. The highest BCUT2D eigenvalue weighted by Crippen LogP contribution is 2.48. The molecule has 1 fully saturated rings. The van der Waals surface area contributed by atoms with Crippen LogP contribution < -0.4 is 20.2 Å². The molecule has 3 heterocycles. The molecule has 0 radical (unpaired) electrons. The standard InChI is InChI=1S/C27H39FN7O7P/c1-7-13-34(6)22-20-23(32-26(29)31-22)35(15-30-20)25-27(5,28)21(36)19(41-25)14-39-43(38,42-18-11-9-8-10-12-18)33-17(4)24(37)40-16(2)3/h8-12,15-17,19,21,25,36H,7,13-14H2,1-6H3,(H,33,38)(H2,29,31,32)/t17-,19+,21+,25+,27+,43?/m0/s1. The molecule has 1 aliphatic rings. The van der Waals surface area contributed by atoms with Crippen LogP contribution in [0.5, 0.6) is 5.75 Å². The lowest BCUT2D eigenvalue weighted by Crippen LogP contribution is -2.41. The Kier molecular flexibility index (Phi) is 9.92. The van der Waals surface area contributed by atoms with Gasteiger partial charge in [0.05, 0.1) is 19.0 Å². The Balaban J connectivity index is 1.58. The number of nitrogens with zero attached hydrogens (tertiary/aromatic N) is 5. The topological polar surface area (TPSA) is 176 Å². The highest BCUT2D eigenvalue weighted by Gasteiger charge is 2.56. The van der Waals surface area contributed by atoms with Crippen molar-refractivity contribution in [3.8, 4) is 5.75 Å². The second-order valence-electron chi connectivity index (χ2n) is 10.8. The van der Waals surface area contributed by atoms with E-state index < -0.39 is 56.6 Å². The number of aliphatic hydroxyl groups is 1. The van der Waals surface area contributed by atoms with Gasteiger partial charge < -0.3 is 29.7 Å². The van der Waals surface area contributed by atoms with Crippen molar-refractivity contribution in [1.82, 2.24) is 24.6 Å². The largest absolute Gasteiger partial charge is 0.462 e. The van der Waals surface area contributed by atoms with Crippen LogP contribution in [-0.4, -0.2) is 80.8 Å². The van der Waals surface area contributed by atoms with Crippen LogP contribution in [0.25, 0.3) is 11.2 Å². The van der Waals surface area contributed by atoms with Gasteiger partial charge in [-0.25, -0.2) is 13.9 Å². The van der Waals surface area contributed by atoms with Crippen LogP contribution in [0.1, 0.15) is 47.3 Å². The van der Waals surface area contributed by atoms with Gasteiger partial charge in [0.15, 0.2) is 28.9 Å². The Labute approximate surface area is 249 Å². The highest BCUT2D eigenvalue weighted by molar-refractivity contribution is 7.52. The summed E-state index contributed by atoms with van der Waals surface area (Å²) in [5, 5.41) is 13.5. The van der Waals surface area contributed by atoms with Gasteiger partial charge in [0.25, 0.3) is 0 Å². The lowest BCUT2D eigenvalue weighted by Gasteiger charge is -2.25. The average Bonchev–Trinajstić information content (AvgIpc) is 3.44. The molecule has 2 aromatic heterocycles. The Morgan fingerprint density at radius 1 is 1.30 bits per heavy atom. The van der Waals surface area contributed by atoms with Crippen LogP contribution in [0.4, 0.5) is 16.2 Å². The molecule has 1 aromatic carbocycles. The number of hydrogen-bond acceptors (Lipinski definition) is 12. The Hall–Kier alpha value is -3.36. The highest BCUT2D eigenvalue weighted by atomic mass is 31.2. The fraction of sp³-hybridized carbons (Fsp3) is 0.556. The zero-order chi connectivity index (χ0) is 31.5. The van der Waals surface area contributed by atoms with Gasteiger partial charge >= 0.3 is 13.7 Å². The number of aliphatic hydroxyl groups excluding tert-OH is 1. The van der Waals surface area contributed by atoms with E-state index in [2.05, 4.69) is 20.0 Å². The number of benzene rings is 1. The van der Waals surface area contributed by atoms with Crippen molar-refractivity contribution in [2.45, 2.75) is 77.3 Å². The van der Waals surface area contributed by atoms with Crippen molar-refractivity contribution in [2.24, 2.45) is 0 Å². The average molecular weight is 624 g/mol. The molecule has 14 nitrogen and oxygen atoms in total. The maximum Gasteiger partial charge on any atom is 0.459 e. The summed E-state index contributed by atoms with van der Waals surface area (Å²) < 4.78 is 53.7. The molecule has 43 heavy (non-hydrogen) atoms. The molecule has 1 saturated heterocycles. The monoisotopic (exact) mass is 623 g/mol. The fourth-order valence-electron chi connectivity index (χ4n) is 4.65. The third-order valence-electron chi connectivity index (χ3n) is 6.75. The minimum atomic E-state index is -4.29. The van der Waals surface area contributed by atoms with Gasteiger partial charge in [0.1, 0.15) is 24.0 Å². The molecule has 236 valence electrons. The molecule has 0 amide bonds. The molecule has 0 aliphatic carbocycles. The molecule has 1 unspecified atom stereocenters. The van der Waals surface area contributed by atoms with Crippen molar-refractivity contribution < 1.29 is 37.4 Å². The van der Waals surface area contributed by atoms with Gasteiger partial charge in [-0.15, -0.1) is 0 Å². The minimum Gasteiger partial charge on any atom is -0.462 e. The number of hydrogen-bond donors (Lipinski definition) is 3. The van der Waals surface area contributed by atoms with Crippen molar-refractivity contribution in [3.05, 3.63) is 36.7 Å². The number of carbonyl (C=O) groups is 1.